The monoisotopic (exact) mass is 260 g/mol. The number of hydrogen-bond donors (Lipinski definition) is 1. The SMILES string of the molecule is CCc1nc(N)cc(N(C)Cc2ccccc2F)n1. The molecule has 2 N–H and O–H groups in total. The van der Waals surface area contributed by atoms with E-state index in [1.807, 2.05) is 24.9 Å². The summed E-state index contributed by atoms with van der Waals surface area (Å²) in [6.45, 7) is 2.40. The summed E-state index contributed by atoms with van der Waals surface area (Å²) in [6, 6.07) is 8.40. The van der Waals surface area contributed by atoms with Crippen molar-refractivity contribution in [2.24, 2.45) is 0 Å². The molecule has 0 fully saturated rings. The van der Waals surface area contributed by atoms with E-state index in [9.17, 15) is 4.39 Å². The number of nitrogens with zero attached hydrogens (tertiary/aromatic N) is 3. The number of aromatic nitrogens is 2. The fourth-order valence-electron chi connectivity index (χ4n) is 1.82. The molecule has 0 radical (unpaired) electrons. The normalized spacial score (nSPS) is 10.5. The summed E-state index contributed by atoms with van der Waals surface area (Å²) in [5, 5.41) is 0. The van der Waals surface area contributed by atoms with Crippen molar-refractivity contribution in [2.45, 2.75) is 19.9 Å². The molecule has 0 saturated carbocycles. The van der Waals surface area contributed by atoms with Crippen LogP contribution in [0.1, 0.15) is 18.3 Å². The van der Waals surface area contributed by atoms with Crippen molar-refractivity contribution in [1.29, 1.82) is 0 Å². The summed E-state index contributed by atoms with van der Waals surface area (Å²) >= 11 is 0. The van der Waals surface area contributed by atoms with Crippen LogP contribution >= 0.6 is 0 Å². The lowest BCUT2D eigenvalue weighted by molar-refractivity contribution is 0.607. The van der Waals surface area contributed by atoms with Crippen LogP contribution in [0.4, 0.5) is 16.0 Å². The average Bonchev–Trinajstić information content (AvgIpc) is 2.40. The first-order valence-corrected chi connectivity index (χ1v) is 6.18. The number of nitrogens with two attached hydrogens (primary N) is 1. The minimum Gasteiger partial charge on any atom is -0.384 e. The molecule has 0 atom stereocenters. The third-order valence-electron chi connectivity index (χ3n) is 2.85. The van der Waals surface area contributed by atoms with Crippen LogP contribution in [0.2, 0.25) is 0 Å². The highest BCUT2D eigenvalue weighted by Gasteiger charge is 2.09. The van der Waals surface area contributed by atoms with E-state index in [4.69, 9.17) is 5.73 Å². The number of halogens is 1. The van der Waals surface area contributed by atoms with Gasteiger partial charge in [-0.3, -0.25) is 0 Å². The number of nitrogen functional groups attached to an aromatic ring is 1. The molecule has 0 aliphatic rings. The summed E-state index contributed by atoms with van der Waals surface area (Å²) in [6.07, 6.45) is 0.714. The Hall–Kier alpha value is -2.17. The molecular formula is C14H17FN4. The highest BCUT2D eigenvalue weighted by Crippen LogP contribution is 2.17. The molecule has 4 nitrogen and oxygen atoms in total. The first kappa shape index (κ1) is 13.3. The van der Waals surface area contributed by atoms with Crippen LogP contribution in [0, 0.1) is 5.82 Å². The van der Waals surface area contributed by atoms with Gasteiger partial charge in [0.2, 0.25) is 0 Å². The zero-order valence-corrected chi connectivity index (χ0v) is 11.1. The molecule has 19 heavy (non-hydrogen) atoms. The fraction of sp³-hybridized carbons (Fsp3) is 0.286. The molecule has 0 bridgehead atoms. The van der Waals surface area contributed by atoms with Crippen LogP contribution in [-0.4, -0.2) is 17.0 Å². The van der Waals surface area contributed by atoms with Crippen molar-refractivity contribution in [3.05, 3.63) is 47.5 Å². The molecule has 1 aromatic carbocycles. The third kappa shape index (κ3) is 3.19. The van der Waals surface area contributed by atoms with Crippen molar-refractivity contribution < 1.29 is 4.39 Å². The van der Waals surface area contributed by atoms with Gasteiger partial charge in [0.1, 0.15) is 23.3 Å². The molecule has 1 heterocycles. The Kier molecular flexibility index (Phi) is 3.94. The minimum absolute atomic E-state index is 0.216. The summed E-state index contributed by atoms with van der Waals surface area (Å²) in [5.41, 5.74) is 6.37. The van der Waals surface area contributed by atoms with Crippen LogP contribution < -0.4 is 10.6 Å². The molecule has 2 rings (SSSR count). The van der Waals surface area contributed by atoms with Crippen LogP contribution in [-0.2, 0) is 13.0 Å². The van der Waals surface area contributed by atoms with Gasteiger partial charge in [0.25, 0.3) is 0 Å². The van der Waals surface area contributed by atoms with E-state index in [1.165, 1.54) is 6.07 Å². The predicted molar refractivity (Wildman–Crippen MR) is 74.3 cm³/mol. The number of rotatable bonds is 4. The molecule has 1 aromatic heterocycles. The number of benzene rings is 1. The second-order valence-corrected chi connectivity index (χ2v) is 4.37. The number of aryl methyl sites for hydroxylation is 1. The van der Waals surface area contributed by atoms with E-state index >= 15 is 0 Å². The molecule has 0 aliphatic carbocycles. The van der Waals surface area contributed by atoms with Gasteiger partial charge >= 0.3 is 0 Å². The second kappa shape index (κ2) is 5.65. The molecule has 2 aromatic rings. The van der Waals surface area contributed by atoms with E-state index in [1.54, 1.807) is 18.2 Å². The summed E-state index contributed by atoms with van der Waals surface area (Å²) in [4.78, 5) is 10.4. The maximum Gasteiger partial charge on any atom is 0.134 e. The predicted octanol–water partition coefficient (Wildman–Crippen LogP) is 2.40. The Bertz CT molecular complexity index is 571. The molecule has 0 unspecified atom stereocenters. The van der Waals surface area contributed by atoms with E-state index in [0.717, 1.165) is 0 Å². The third-order valence-corrected chi connectivity index (χ3v) is 2.85. The van der Waals surface area contributed by atoms with E-state index < -0.39 is 0 Å². The number of anilines is 2. The Labute approximate surface area is 112 Å². The standard InChI is InChI=1S/C14H17FN4/c1-3-13-17-12(16)8-14(18-13)19(2)9-10-6-4-5-7-11(10)15/h4-8H,3,9H2,1-2H3,(H2,16,17,18). The van der Waals surface area contributed by atoms with Crippen molar-refractivity contribution in [2.75, 3.05) is 17.7 Å². The quantitative estimate of drug-likeness (QED) is 0.917. The van der Waals surface area contributed by atoms with Gasteiger partial charge in [0.05, 0.1) is 0 Å². The lowest BCUT2D eigenvalue weighted by atomic mass is 10.2. The topological polar surface area (TPSA) is 55.0 Å². The molecule has 0 spiro atoms. The summed E-state index contributed by atoms with van der Waals surface area (Å²) in [5.74, 6) is 1.61. The van der Waals surface area contributed by atoms with E-state index in [2.05, 4.69) is 9.97 Å². The Morgan fingerprint density at radius 3 is 2.68 bits per heavy atom. The molecule has 5 heteroatoms. The highest BCUT2D eigenvalue weighted by atomic mass is 19.1. The van der Waals surface area contributed by atoms with Gasteiger partial charge in [0.15, 0.2) is 0 Å². The van der Waals surface area contributed by atoms with Gasteiger partial charge in [-0.2, -0.15) is 0 Å². The van der Waals surface area contributed by atoms with Crippen LogP contribution in [0.25, 0.3) is 0 Å². The van der Waals surface area contributed by atoms with Crippen molar-refractivity contribution in [3.8, 4) is 0 Å². The molecule has 0 aliphatic heterocycles. The van der Waals surface area contributed by atoms with Gasteiger partial charge in [0, 0.05) is 31.6 Å². The summed E-state index contributed by atoms with van der Waals surface area (Å²) < 4.78 is 13.6. The Morgan fingerprint density at radius 1 is 1.26 bits per heavy atom. The van der Waals surface area contributed by atoms with Crippen molar-refractivity contribution >= 4 is 11.6 Å². The van der Waals surface area contributed by atoms with Crippen LogP contribution in [0.5, 0.6) is 0 Å². The summed E-state index contributed by atoms with van der Waals surface area (Å²) in [7, 11) is 1.85. The Balaban J connectivity index is 2.22. The average molecular weight is 260 g/mol. The smallest absolute Gasteiger partial charge is 0.134 e. The van der Waals surface area contributed by atoms with Crippen molar-refractivity contribution in [3.63, 3.8) is 0 Å². The highest BCUT2D eigenvalue weighted by molar-refractivity contribution is 5.47. The number of hydrogen-bond acceptors (Lipinski definition) is 4. The molecule has 0 saturated heterocycles. The second-order valence-electron chi connectivity index (χ2n) is 4.37. The molecule has 100 valence electrons. The van der Waals surface area contributed by atoms with Gasteiger partial charge in [-0.1, -0.05) is 25.1 Å². The first-order chi connectivity index (χ1) is 9.10. The maximum absolute atomic E-state index is 13.6. The first-order valence-electron chi connectivity index (χ1n) is 6.18. The minimum atomic E-state index is -0.216. The van der Waals surface area contributed by atoms with Crippen LogP contribution in [0.3, 0.4) is 0 Å². The Morgan fingerprint density at radius 2 is 2.00 bits per heavy atom. The van der Waals surface area contributed by atoms with E-state index in [-0.39, 0.29) is 5.82 Å². The largest absolute Gasteiger partial charge is 0.384 e. The zero-order valence-electron chi connectivity index (χ0n) is 11.1. The lowest BCUT2D eigenvalue weighted by Gasteiger charge is -2.19. The lowest BCUT2D eigenvalue weighted by Crippen LogP contribution is -2.19. The molecular weight excluding hydrogens is 243 g/mol. The van der Waals surface area contributed by atoms with Crippen molar-refractivity contribution in [1.82, 2.24) is 9.97 Å². The fourth-order valence-corrected chi connectivity index (χ4v) is 1.82. The van der Waals surface area contributed by atoms with Crippen LogP contribution in [0.15, 0.2) is 30.3 Å². The van der Waals surface area contributed by atoms with E-state index in [0.29, 0.717) is 36.0 Å². The zero-order chi connectivity index (χ0) is 13.8. The molecule has 0 amide bonds. The van der Waals surface area contributed by atoms with Gasteiger partial charge in [-0.05, 0) is 6.07 Å². The van der Waals surface area contributed by atoms with Gasteiger partial charge < -0.3 is 10.6 Å². The van der Waals surface area contributed by atoms with Gasteiger partial charge in [-0.25, -0.2) is 14.4 Å². The maximum atomic E-state index is 13.6. The van der Waals surface area contributed by atoms with Gasteiger partial charge in [-0.15, -0.1) is 0 Å².